The van der Waals surface area contributed by atoms with Crippen LogP contribution in [0.1, 0.15) is 35.2 Å². The lowest BCUT2D eigenvalue weighted by atomic mass is 10.2. The Labute approximate surface area is 183 Å². The van der Waals surface area contributed by atoms with Gasteiger partial charge in [0.05, 0.1) is 30.2 Å². The maximum absolute atomic E-state index is 13.1. The molecule has 0 aliphatic carbocycles. The number of rotatable bonds is 7. The van der Waals surface area contributed by atoms with Crippen LogP contribution in [0.25, 0.3) is 10.9 Å². The quantitative estimate of drug-likeness (QED) is 0.479. The number of carbonyl (C=O) groups is 1. The molecule has 0 aliphatic rings. The summed E-state index contributed by atoms with van der Waals surface area (Å²) in [6, 6.07) is 14.7. The monoisotopic (exact) mass is 436 g/mol. The lowest BCUT2D eigenvalue weighted by molar-refractivity contribution is 0.0733. The second-order valence-corrected chi connectivity index (χ2v) is 7.62. The fourth-order valence-corrected chi connectivity index (χ4v) is 3.51. The van der Waals surface area contributed by atoms with Gasteiger partial charge < -0.3 is 9.88 Å². The van der Waals surface area contributed by atoms with E-state index in [0.717, 1.165) is 12.0 Å². The number of hydrogen-bond acceptors (Lipinski definition) is 5. The molecule has 1 amide bonds. The Morgan fingerprint density at radius 1 is 1.19 bits per heavy atom. The van der Waals surface area contributed by atoms with Gasteiger partial charge in [-0.15, -0.1) is 5.10 Å². The molecule has 0 fully saturated rings. The number of fused-ring (bicyclic) bond motifs is 1. The number of nitrogens with one attached hydrogen (secondary N) is 1. The van der Waals surface area contributed by atoms with Gasteiger partial charge in [0.2, 0.25) is 0 Å². The number of aromatic amines is 1. The van der Waals surface area contributed by atoms with Gasteiger partial charge in [0.15, 0.2) is 5.69 Å². The van der Waals surface area contributed by atoms with E-state index in [-0.39, 0.29) is 23.7 Å². The minimum Gasteiger partial charge on any atom is -0.330 e. The summed E-state index contributed by atoms with van der Waals surface area (Å²) in [6.45, 7) is 3.13. The standard InChI is InChI=1S/C22H21ClN6O2/c1-2-10-28(14-20-24-18-11-16(23)8-9-17(18)21(30)25-20)22(31)19-13-29(27-26-19)12-15-6-4-3-5-7-15/h3-9,11,13H,2,10,12,14H2,1H3,(H,24,25,30). The number of H-pyrrole nitrogens is 1. The van der Waals surface area contributed by atoms with Crippen LogP contribution in [-0.4, -0.2) is 42.3 Å². The summed E-state index contributed by atoms with van der Waals surface area (Å²) in [4.78, 5) is 34.3. The van der Waals surface area contributed by atoms with E-state index in [1.165, 1.54) is 0 Å². The average molecular weight is 437 g/mol. The molecule has 0 atom stereocenters. The normalized spacial score (nSPS) is 11.0. The van der Waals surface area contributed by atoms with Crippen LogP contribution in [0, 0.1) is 0 Å². The smallest absolute Gasteiger partial charge is 0.276 e. The summed E-state index contributed by atoms with van der Waals surface area (Å²) < 4.78 is 1.63. The Balaban J connectivity index is 1.56. The van der Waals surface area contributed by atoms with Crippen molar-refractivity contribution in [2.75, 3.05) is 6.54 Å². The molecule has 0 aliphatic heterocycles. The van der Waals surface area contributed by atoms with E-state index in [4.69, 9.17) is 11.6 Å². The molecular weight excluding hydrogens is 416 g/mol. The Kier molecular flexibility index (Phi) is 6.08. The predicted molar refractivity (Wildman–Crippen MR) is 118 cm³/mol. The zero-order chi connectivity index (χ0) is 21.8. The molecule has 2 heterocycles. The Hall–Kier alpha value is -3.52. The van der Waals surface area contributed by atoms with E-state index in [2.05, 4.69) is 20.3 Å². The molecule has 4 aromatic rings. The molecule has 0 saturated carbocycles. The molecule has 1 N–H and O–H groups in total. The van der Waals surface area contributed by atoms with Crippen molar-refractivity contribution in [1.29, 1.82) is 0 Å². The topological polar surface area (TPSA) is 96.8 Å². The molecule has 0 unspecified atom stereocenters. The van der Waals surface area contributed by atoms with Crippen LogP contribution >= 0.6 is 11.6 Å². The van der Waals surface area contributed by atoms with Crippen LogP contribution < -0.4 is 5.56 Å². The third-order valence-electron chi connectivity index (χ3n) is 4.78. The number of nitrogens with zero attached hydrogens (tertiary/aromatic N) is 5. The van der Waals surface area contributed by atoms with Crippen molar-refractivity contribution in [2.45, 2.75) is 26.4 Å². The Morgan fingerprint density at radius 3 is 2.77 bits per heavy atom. The summed E-state index contributed by atoms with van der Waals surface area (Å²) >= 11 is 6.04. The zero-order valence-corrected chi connectivity index (χ0v) is 17.7. The third kappa shape index (κ3) is 4.80. The number of hydrogen-bond donors (Lipinski definition) is 1. The summed E-state index contributed by atoms with van der Waals surface area (Å²) in [6.07, 6.45) is 2.38. The molecule has 31 heavy (non-hydrogen) atoms. The molecule has 8 nitrogen and oxygen atoms in total. The van der Waals surface area contributed by atoms with Gasteiger partial charge in [-0.05, 0) is 30.2 Å². The molecular formula is C22H21ClN6O2. The van der Waals surface area contributed by atoms with Gasteiger partial charge in [0, 0.05) is 11.6 Å². The summed E-state index contributed by atoms with van der Waals surface area (Å²) in [5, 5.41) is 9.07. The lowest BCUT2D eigenvalue weighted by Crippen LogP contribution is -2.33. The minimum atomic E-state index is -0.269. The van der Waals surface area contributed by atoms with E-state index in [1.54, 1.807) is 34.0 Å². The number of benzene rings is 2. The molecule has 9 heteroatoms. The predicted octanol–water partition coefficient (Wildman–Crippen LogP) is 3.27. The first-order chi connectivity index (χ1) is 15.0. The molecule has 0 saturated heterocycles. The first-order valence-electron chi connectivity index (χ1n) is 9.95. The number of carbonyl (C=O) groups excluding carboxylic acids is 1. The van der Waals surface area contributed by atoms with Gasteiger partial charge in [-0.1, -0.05) is 54.1 Å². The van der Waals surface area contributed by atoms with Crippen molar-refractivity contribution in [3.8, 4) is 0 Å². The SMILES string of the molecule is CCCN(Cc1nc2cc(Cl)ccc2c(=O)[nH]1)C(=O)c1cn(Cc2ccccc2)nn1. The van der Waals surface area contributed by atoms with E-state index in [1.807, 2.05) is 37.3 Å². The summed E-state index contributed by atoms with van der Waals surface area (Å²) in [5.74, 6) is 0.119. The molecule has 0 bridgehead atoms. The molecule has 4 rings (SSSR count). The molecule has 2 aromatic heterocycles. The van der Waals surface area contributed by atoms with Gasteiger partial charge in [0.1, 0.15) is 5.82 Å². The zero-order valence-electron chi connectivity index (χ0n) is 17.0. The second-order valence-electron chi connectivity index (χ2n) is 7.19. The summed E-state index contributed by atoms with van der Waals surface area (Å²) in [5.41, 5.74) is 1.53. The maximum atomic E-state index is 13.1. The van der Waals surface area contributed by atoms with Crippen molar-refractivity contribution in [3.63, 3.8) is 0 Å². The maximum Gasteiger partial charge on any atom is 0.276 e. The van der Waals surface area contributed by atoms with Crippen LogP contribution in [-0.2, 0) is 13.1 Å². The van der Waals surface area contributed by atoms with E-state index in [0.29, 0.717) is 34.8 Å². The van der Waals surface area contributed by atoms with Gasteiger partial charge in [-0.2, -0.15) is 0 Å². The summed E-state index contributed by atoms with van der Waals surface area (Å²) in [7, 11) is 0. The first-order valence-corrected chi connectivity index (χ1v) is 10.3. The fourth-order valence-electron chi connectivity index (χ4n) is 3.35. The van der Waals surface area contributed by atoms with Crippen LogP contribution in [0.3, 0.4) is 0 Å². The van der Waals surface area contributed by atoms with E-state index >= 15 is 0 Å². The highest BCUT2D eigenvalue weighted by molar-refractivity contribution is 6.31. The average Bonchev–Trinajstić information content (AvgIpc) is 3.22. The third-order valence-corrected chi connectivity index (χ3v) is 5.02. The largest absolute Gasteiger partial charge is 0.330 e. The minimum absolute atomic E-state index is 0.149. The molecule has 0 spiro atoms. The van der Waals surface area contributed by atoms with Gasteiger partial charge >= 0.3 is 0 Å². The molecule has 2 aromatic carbocycles. The van der Waals surface area contributed by atoms with Crippen molar-refractivity contribution < 1.29 is 4.79 Å². The van der Waals surface area contributed by atoms with E-state index < -0.39 is 0 Å². The van der Waals surface area contributed by atoms with Crippen LogP contribution in [0.4, 0.5) is 0 Å². The molecule has 0 radical (unpaired) electrons. The lowest BCUT2D eigenvalue weighted by Gasteiger charge is -2.20. The highest BCUT2D eigenvalue weighted by Gasteiger charge is 2.20. The Morgan fingerprint density at radius 2 is 2.00 bits per heavy atom. The first kappa shape index (κ1) is 20.7. The van der Waals surface area contributed by atoms with Crippen molar-refractivity contribution in [2.24, 2.45) is 0 Å². The van der Waals surface area contributed by atoms with Gasteiger partial charge in [-0.25, -0.2) is 9.67 Å². The van der Waals surface area contributed by atoms with Gasteiger partial charge in [0.25, 0.3) is 11.5 Å². The number of amides is 1. The Bertz CT molecular complexity index is 1270. The van der Waals surface area contributed by atoms with Crippen LogP contribution in [0.15, 0.2) is 59.5 Å². The number of halogens is 1. The second kappa shape index (κ2) is 9.09. The van der Waals surface area contributed by atoms with Crippen molar-refractivity contribution in [1.82, 2.24) is 29.9 Å². The van der Waals surface area contributed by atoms with Crippen molar-refractivity contribution in [3.05, 3.63) is 87.2 Å². The highest BCUT2D eigenvalue weighted by atomic mass is 35.5. The van der Waals surface area contributed by atoms with Crippen LogP contribution in [0.2, 0.25) is 5.02 Å². The van der Waals surface area contributed by atoms with Crippen LogP contribution in [0.5, 0.6) is 0 Å². The van der Waals surface area contributed by atoms with E-state index in [9.17, 15) is 9.59 Å². The fraction of sp³-hybridized carbons (Fsp3) is 0.227. The molecule has 158 valence electrons. The highest BCUT2D eigenvalue weighted by Crippen LogP contribution is 2.15. The number of aromatic nitrogens is 5. The van der Waals surface area contributed by atoms with Gasteiger partial charge in [-0.3, -0.25) is 9.59 Å². The van der Waals surface area contributed by atoms with Crippen molar-refractivity contribution >= 4 is 28.4 Å².